The van der Waals surface area contributed by atoms with E-state index in [0.717, 1.165) is 12.5 Å². The summed E-state index contributed by atoms with van der Waals surface area (Å²) in [6.45, 7) is 4.65. The molecule has 3 aromatic rings. The minimum atomic E-state index is 0.606. The van der Waals surface area contributed by atoms with Gasteiger partial charge < -0.3 is 4.57 Å². The van der Waals surface area contributed by atoms with Crippen molar-refractivity contribution in [1.82, 2.24) is 14.5 Å². The van der Waals surface area contributed by atoms with Gasteiger partial charge >= 0.3 is 0 Å². The molecule has 1 saturated heterocycles. The summed E-state index contributed by atoms with van der Waals surface area (Å²) in [7, 11) is 0. The van der Waals surface area contributed by atoms with Crippen LogP contribution in [0.4, 0.5) is 0 Å². The number of benzene rings is 2. The Morgan fingerprint density at radius 3 is 2.46 bits per heavy atom. The van der Waals surface area contributed by atoms with Crippen molar-refractivity contribution in [3.05, 3.63) is 53.9 Å². The van der Waals surface area contributed by atoms with Crippen molar-refractivity contribution in [3.8, 4) is 11.1 Å². The Kier molecular flexibility index (Phi) is 3.87. The number of rotatable bonds is 3. The molecule has 2 bridgehead atoms. The van der Waals surface area contributed by atoms with Gasteiger partial charge in [-0.3, -0.25) is 4.90 Å². The van der Waals surface area contributed by atoms with Crippen LogP contribution in [-0.4, -0.2) is 33.6 Å². The maximum absolute atomic E-state index is 5.19. The molecule has 3 heteroatoms. The third kappa shape index (κ3) is 2.56. The van der Waals surface area contributed by atoms with Crippen molar-refractivity contribution in [2.45, 2.75) is 63.5 Å². The van der Waals surface area contributed by atoms with E-state index in [0.29, 0.717) is 12.0 Å². The topological polar surface area (TPSA) is 21.1 Å². The number of aromatic nitrogens is 2. The lowest BCUT2D eigenvalue weighted by atomic mass is 9.91. The molecule has 144 valence electrons. The van der Waals surface area contributed by atoms with Crippen LogP contribution in [0.25, 0.3) is 22.2 Å². The first-order chi connectivity index (χ1) is 13.8. The minimum Gasteiger partial charge on any atom is -0.323 e. The summed E-state index contributed by atoms with van der Waals surface area (Å²) in [5.41, 5.74) is 6.49. The minimum absolute atomic E-state index is 0.606. The number of fused-ring (bicyclic) bond motifs is 4. The Labute approximate surface area is 167 Å². The van der Waals surface area contributed by atoms with Gasteiger partial charge in [0.15, 0.2) is 0 Å². The molecule has 2 atom stereocenters. The maximum Gasteiger partial charge on any atom is 0.114 e. The molecule has 28 heavy (non-hydrogen) atoms. The smallest absolute Gasteiger partial charge is 0.114 e. The van der Waals surface area contributed by atoms with E-state index < -0.39 is 0 Å². The lowest BCUT2D eigenvalue weighted by molar-refractivity contribution is 0.121. The molecule has 0 radical (unpaired) electrons. The molecule has 0 N–H and O–H groups in total. The summed E-state index contributed by atoms with van der Waals surface area (Å²) in [5, 5.41) is 0. The van der Waals surface area contributed by atoms with Crippen LogP contribution in [0, 0.1) is 0 Å². The van der Waals surface area contributed by atoms with E-state index in [-0.39, 0.29) is 0 Å². The monoisotopic (exact) mass is 371 g/mol. The zero-order valence-corrected chi connectivity index (χ0v) is 16.8. The van der Waals surface area contributed by atoms with Gasteiger partial charge in [0, 0.05) is 31.1 Å². The summed E-state index contributed by atoms with van der Waals surface area (Å²) in [5.74, 6) is 1.96. The Hall–Kier alpha value is -2.13. The Bertz CT molecular complexity index is 1010. The van der Waals surface area contributed by atoms with Crippen molar-refractivity contribution >= 4 is 11.0 Å². The molecule has 4 heterocycles. The van der Waals surface area contributed by atoms with Crippen LogP contribution in [0.15, 0.2) is 42.5 Å². The molecular formula is C25H29N3. The van der Waals surface area contributed by atoms with Crippen LogP contribution in [0.5, 0.6) is 0 Å². The summed E-state index contributed by atoms with van der Waals surface area (Å²) in [6.07, 6.45) is 7.94. The fraction of sp³-hybridized carbons (Fsp3) is 0.480. The van der Waals surface area contributed by atoms with Gasteiger partial charge in [-0.15, -0.1) is 0 Å². The van der Waals surface area contributed by atoms with E-state index in [1.807, 2.05) is 0 Å². The molecule has 1 saturated carbocycles. The fourth-order valence-electron chi connectivity index (χ4n) is 5.58. The first-order valence-corrected chi connectivity index (χ1v) is 11.2. The third-order valence-corrected chi connectivity index (χ3v) is 7.48. The number of hydrogen-bond acceptors (Lipinski definition) is 2. The van der Waals surface area contributed by atoms with Crippen LogP contribution in [0.3, 0.4) is 0 Å². The molecule has 3 aliphatic heterocycles. The van der Waals surface area contributed by atoms with Gasteiger partial charge in [-0.05, 0) is 60.9 Å². The first kappa shape index (κ1) is 16.8. The van der Waals surface area contributed by atoms with Gasteiger partial charge in [0.1, 0.15) is 5.82 Å². The standard InChI is InChI=1S/C25H29N3/c1-2-17-6-8-18(9-7-17)19-11-13-24-23(14-19)26-25-20-10-12-22(28(24)25)16-27(15-20)21-4-3-5-21/h6-9,11,13-14,20-22H,2-5,10,12,15-16H2,1H3. The van der Waals surface area contributed by atoms with Gasteiger partial charge in [0.25, 0.3) is 0 Å². The Balaban J connectivity index is 1.38. The highest BCUT2D eigenvalue weighted by Crippen LogP contribution is 2.43. The fourth-order valence-corrected chi connectivity index (χ4v) is 5.58. The molecule has 3 nitrogen and oxygen atoms in total. The van der Waals surface area contributed by atoms with Crippen molar-refractivity contribution < 1.29 is 0 Å². The summed E-state index contributed by atoms with van der Waals surface area (Å²) in [4.78, 5) is 7.98. The van der Waals surface area contributed by atoms with E-state index >= 15 is 0 Å². The van der Waals surface area contributed by atoms with Gasteiger partial charge in [-0.25, -0.2) is 4.98 Å². The lowest BCUT2D eigenvalue weighted by Crippen LogP contribution is -2.42. The average molecular weight is 372 g/mol. The largest absolute Gasteiger partial charge is 0.323 e. The predicted octanol–water partition coefficient (Wildman–Crippen LogP) is 5.55. The van der Waals surface area contributed by atoms with Crippen LogP contribution < -0.4 is 0 Å². The molecule has 1 aromatic heterocycles. The molecule has 7 rings (SSSR count). The van der Waals surface area contributed by atoms with Crippen LogP contribution in [-0.2, 0) is 6.42 Å². The SMILES string of the molecule is CCc1ccc(-c2ccc3c(c2)nc2n3C3CCC2CN(C2CCC2)C3)cc1. The third-order valence-electron chi connectivity index (χ3n) is 7.48. The van der Waals surface area contributed by atoms with Gasteiger partial charge in [0.2, 0.25) is 0 Å². The van der Waals surface area contributed by atoms with Crippen molar-refractivity contribution in [1.29, 1.82) is 0 Å². The van der Waals surface area contributed by atoms with E-state index in [1.165, 1.54) is 78.7 Å². The van der Waals surface area contributed by atoms with Crippen molar-refractivity contribution in [2.24, 2.45) is 0 Å². The van der Waals surface area contributed by atoms with Crippen molar-refractivity contribution in [3.63, 3.8) is 0 Å². The zero-order valence-electron chi connectivity index (χ0n) is 16.8. The quantitative estimate of drug-likeness (QED) is 0.602. The number of aryl methyl sites for hydroxylation is 1. The highest BCUT2D eigenvalue weighted by Gasteiger charge is 2.39. The second-order valence-electron chi connectivity index (χ2n) is 9.06. The highest BCUT2D eigenvalue weighted by molar-refractivity contribution is 5.83. The van der Waals surface area contributed by atoms with Gasteiger partial charge in [0.05, 0.1) is 11.0 Å². The molecule has 4 aliphatic rings. The Morgan fingerprint density at radius 1 is 0.893 bits per heavy atom. The molecule has 2 aromatic carbocycles. The number of hydrogen-bond donors (Lipinski definition) is 0. The summed E-state index contributed by atoms with van der Waals surface area (Å²) in [6, 6.07) is 17.4. The average Bonchev–Trinajstić information content (AvgIpc) is 2.87. The normalized spacial score (nSPS) is 24.9. The second kappa shape index (κ2) is 6.45. The highest BCUT2D eigenvalue weighted by atomic mass is 15.3. The molecule has 0 amide bonds. The molecule has 0 spiro atoms. The van der Waals surface area contributed by atoms with E-state index in [4.69, 9.17) is 4.98 Å². The first-order valence-electron chi connectivity index (χ1n) is 11.2. The Morgan fingerprint density at radius 2 is 1.71 bits per heavy atom. The lowest BCUT2D eigenvalue weighted by Gasteiger charge is -2.37. The van der Waals surface area contributed by atoms with Crippen LogP contribution in [0.2, 0.25) is 0 Å². The van der Waals surface area contributed by atoms with E-state index in [1.54, 1.807) is 0 Å². The summed E-state index contributed by atoms with van der Waals surface area (Å²) >= 11 is 0. The second-order valence-corrected chi connectivity index (χ2v) is 9.06. The van der Waals surface area contributed by atoms with Gasteiger partial charge in [-0.1, -0.05) is 43.7 Å². The molecule has 2 unspecified atom stereocenters. The van der Waals surface area contributed by atoms with Crippen molar-refractivity contribution in [2.75, 3.05) is 13.1 Å². The molecule has 2 fully saturated rings. The summed E-state index contributed by atoms with van der Waals surface area (Å²) < 4.78 is 2.60. The number of imidazole rings is 1. The van der Waals surface area contributed by atoms with Crippen LogP contribution >= 0.6 is 0 Å². The number of nitrogens with zero attached hydrogens (tertiary/aromatic N) is 3. The van der Waals surface area contributed by atoms with Crippen LogP contribution in [0.1, 0.15) is 62.4 Å². The zero-order chi connectivity index (χ0) is 18.7. The predicted molar refractivity (Wildman–Crippen MR) is 115 cm³/mol. The molecular weight excluding hydrogens is 342 g/mol. The van der Waals surface area contributed by atoms with E-state index in [9.17, 15) is 0 Å². The van der Waals surface area contributed by atoms with Gasteiger partial charge in [-0.2, -0.15) is 0 Å². The maximum atomic E-state index is 5.19. The molecule has 1 aliphatic carbocycles. The van der Waals surface area contributed by atoms with E-state index in [2.05, 4.69) is 58.9 Å².